The van der Waals surface area contributed by atoms with E-state index in [1.165, 1.54) is 11.0 Å². The highest BCUT2D eigenvalue weighted by molar-refractivity contribution is 7.92. The first kappa shape index (κ1) is 21.6. The molecule has 1 fully saturated rings. The first-order valence-corrected chi connectivity index (χ1v) is 11.2. The second-order valence-corrected chi connectivity index (χ2v) is 9.19. The molecule has 0 unspecified atom stereocenters. The Hall–Kier alpha value is -3.07. The van der Waals surface area contributed by atoms with Gasteiger partial charge in [-0.1, -0.05) is 18.2 Å². The summed E-state index contributed by atoms with van der Waals surface area (Å²) in [6.07, 6.45) is 1.03. The quantitative estimate of drug-likeness (QED) is 0.675. The van der Waals surface area contributed by atoms with Crippen LogP contribution in [0.2, 0.25) is 0 Å². The molecule has 0 radical (unpaired) electrons. The Labute approximate surface area is 176 Å². The van der Waals surface area contributed by atoms with E-state index in [0.29, 0.717) is 42.9 Å². The van der Waals surface area contributed by atoms with Crippen LogP contribution in [0.5, 0.6) is 0 Å². The number of carbonyl (C=O) groups is 2. The third kappa shape index (κ3) is 5.10. The Morgan fingerprint density at radius 2 is 1.73 bits per heavy atom. The van der Waals surface area contributed by atoms with Gasteiger partial charge < -0.3 is 16.0 Å². The van der Waals surface area contributed by atoms with Gasteiger partial charge in [-0.25, -0.2) is 13.2 Å². The van der Waals surface area contributed by atoms with Crippen molar-refractivity contribution in [2.45, 2.75) is 31.6 Å². The second kappa shape index (κ2) is 8.74. The van der Waals surface area contributed by atoms with Crippen LogP contribution in [0, 0.1) is 19.8 Å². The molecular formula is C21H26N4O4S. The van der Waals surface area contributed by atoms with Crippen LogP contribution in [0.1, 0.15) is 24.0 Å². The van der Waals surface area contributed by atoms with Crippen LogP contribution in [0.3, 0.4) is 0 Å². The molecular weight excluding hydrogens is 404 g/mol. The van der Waals surface area contributed by atoms with Crippen molar-refractivity contribution in [1.82, 2.24) is 4.90 Å². The third-order valence-corrected chi connectivity index (χ3v) is 6.72. The van der Waals surface area contributed by atoms with Crippen LogP contribution in [0.15, 0.2) is 47.4 Å². The lowest BCUT2D eigenvalue weighted by Crippen LogP contribution is -2.43. The van der Waals surface area contributed by atoms with Crippen LogP contribution in [-0.2, 0) is 14.8 Å². The molecule has 3 rings (SSSR count). The highest BCUT2D eigenvalue weighted by Gasteiger charge is 2.27. The van der Waals surface area contributed by atoms with Gasteiger partial charge in [-0.2, -0.15) is 0 Å². The normalized spacial score (nSPS) is 14.9. The van der Waals surface area contributed by atoms with E-state index in [0.717, 1.165) is 5.56 Å². The number of likely N-dealkylation sites (tertiary alicyclic amines) is 1. The SMILES string of the molecule is Cc1cccc(NS(=O)(=O)c2cc(NC(=O)C3CCN(C(N)=O)CC3)ccc2C)c1. The van der Waals surface area contributed by atoms with Crippen molar-refractivity contribution < 1.29 is 18.0 Å². The van der Waals surface area contributed by atoms with Gasteiger partial charge in [-0.3, -0.25) is 9.52 Å². The van der Waals surface area contributed by atoms with Crippen LogP contribution < -0.4 is 15.8 Å². The number of benzene rings is 2. The summed E-state index contributed by atoms with van der Waals surface area (Å²) in [5.41, 5.74) is 7.67. The van der Waals surface area contributed by atoms with Crippen molar-refractivity contribution in [1.29, 1.82) is 0 Å². The summed E-state index contributed by atoms with van der Waals surface area (Å²) < 4.78 is 28.4. The molecule has 30 heavy (non-hydrogen) atoms. The molecule has 1 aliphatic rings. The lowest BCUT2D eigenvalue weighted by Gasteiger charge is -2.30. The van der Waals surface area contributed by atoms with E-state index in [2.05, 4.69) is 10.0 Å². The number of sulfonamides is 1. The number of urea groups is 1. The Balaban J connectivity index is 1.73. The van der Waals surface area contributed by atoms with Gasteiger partial charge in [0, 0.05) is 30.4 Å². The van der Waals surface area contributed by atoms with Crippen LogP contribution in [0.25, 0.3) is 0 Å². The molecule has 0 saturated carbocycles. The minimum absolute atomic E-state index is 0.102. The molecule has 2 aromatic rings. The number of anilines is 2. The van der Waals surface area contributed by atoms with E-state index < -0.39 is 16.1 Å². The Kier molecular flexibility index (Phi) is 6.31. The fourth-order valence-electron chi connectivity index (χ4n) is 3.49. The highest BCUT2D eigenvalue weighted by atomic mass is 32.2. The monoisotopic (exact) mass is 430 g/mol. The smallest absolute Gasteiger partial charge is 0.314 e. The Morgan fingerprint density at radius 1 is 1.03 bits per heavy atom. The van der Waals surface area contributed by atoms with Gasteiger partial charge >= 0.3 is 6.03 Å². The molecule has 1 heterocycles. The molecule has 0 aliphatic carbocycles. The number of hydrogen-bond donors (Lipinski definition) is 3. The maximum Gasteiger partial charge on any atom is 0.314 e. The lowest BCUT2D eigenvalue weighted by atomic mass is 9.96. The summed E-state index contributed by atoms with van der Waals surface area (Å²) >= 11 is 0. The van der Waals surface area contributed by atoms with E-state index >= 15 is 0 Å². The molecule has 0 aromatic heterocycles. The first-order valence-electron chi connectivity index (χ1n) is 9.71. The number of primary amides is 1. The van der Waals surface area contributed by atoms with E-state index in [1.807, 2.05) is 13.0 Å². The van der Waals surface area contributed by atoms with Gasteiger partial charge in [0.25, 0.3) is 10.0 Å². The topological polar surface area (TPSA) is 122 Å². The minimum Gasteiger partial charge on any atom is -0.351 e. The maximum absolute atomic E-state index is 12.9. The summed E-state index contributed by atoms with van der Waals surface area (Å²) in [5, 5.41) is 2.80. The number of carbonyl (C=O) groups excluding carboxylic acids is 2. The fourth-order valence-corrected chi connectivity index (χ4v) is 4.81. The van der Waals surface area contributed by atoms with Crippen molar-refractivity contribution in [3.05, 3.63) is 53.6 Å². The number of hydrogen-bond acceptors (Lipinski definition) is 4. The van der Waals surface area contributed by atoms with Crippen molar-refractivity contribution in [2.24, 2.45) is 11.7 Å². The summed E-state index contributed by atoms with van der Waals surface area (Å²) in [7, 11) is -3.82. The van der Waals surface area contributed by atoms with Crippen LogP contribution >= 0.6 is 0 Å². The van der Waals surface area contributed by atoms with Crippen LogP contribution in [-0.4, -0.2) is 38.3 Å². The first-order chi connectivity index (χ1) is 14.2. The zero-order valence-corrected chi connectivity index (χ0v) is 17.8. The summed E-state index contributed by atoms with van der Waals surface area (Å²) in [5.74, 6) is -0.453. The van der Waals surface area contributed by atoms with E-state index in [4.69, 9.17) is 5.73 Å². The minimum atomic E-state index is -3.82. The summed E-state index contributed by atoms with van der Waals surface area (Å²) in [4.78, 5) is 25.4. The number of piperidine rings is 1. The second-order valence-electron chi connectivity index (χ2n) is 7.54. The van der Waals surface area contributed by atoms with Crippen molar-refractivity contribution in [3.63, 3.8) is 0 Å². The number of rotatable bonds is 5. The van der Waals surface area contributed by atoms with Gasteiger partial charge in [-0.05, 0) is 62.1 Å². The number of aryl methyl sites for hydroxylation is 2. The molecule has 8 nitrogen and oxygen atoms in total. The van der Waals surface area contributed by atoms with Gasteiger partial charge in [0.1, 0.15) is 0 Å². The molecule has 160 valence electrons. The predicted molar refractivity (Wildman–Crippen MR) is 116 cm³/mol. The zero-order valence-electron chi connectivity index (χ0n) is 17.0. The van der Waals surface area contributed by atoms with E-state index in [9.17, 15) is 18.0 Å². The van der Waals surface area contributed by atoms with Gasteiger partial charge in [0.2, 0.25) is 5.91 Å². The van der Waals surface area contributed by atoms with Crippen molar-refractivity contribution in [3.8, 4) is 0 Å². The largest absolute Gasteiger partial charge is 0.351 e. The Bertz CT molecular complexity index is 1060. The molecule has 2 aromatic carbocycles. The number of amides is 3. The predicted octanol–water partition coefficient (Wildman–Crippen LogP) is 2.83. The number of nitrogens with one attached hydrogen (secondary N) is 2. The molecule has 0 atom stereocenters. The maximum atomic E-state index is 12.9. The van der Waals surface area contributed by atoms with E-state index in [-0.39, 0.29) is 16.7 Å². The summed E-state index contributed by atoms with van der Waals surface area (Å²) in [6, 6.07) is 11.4. The van der Waals surface area contributed by atoms with Gasteiger partial charge in [-0.15, -0.1) is 0 Å². The number of nitrogens with zero attached hydrogens (tertiary/aromatic N) is 1. The van der Waals surface area contributed by atoms with Gasteiger partial charge in [0.15, 0.2) is 0 Å². The molecule has 3 amide bonds. The Morgan fingerprint density at radius 3 is 2.37 bits per heavy atom. The van der Waals surface area contributed by atoms with Crippen molar-refractivity contribution >= 4 is 33.3 Å². The van der Waals surface area contributed by atoms with Crippen molar-refractivity contribution in [2.75, 3.05) is 23.1 Å². The average molecular weight is 431 g/mol. The third-order valence-electron chi connectivity index (χ3n) is 5.19. The molecule has 1 aliphatic heterocycles. The molecule has 0 bridgehead atoms. The average Bonchev–Trinajstić information content (AvgIpc) is 2.69. The highest BCUT2D eigenvalue weighted by Crippen LogP contribution is 2.25. The van der Waals surface area contributed by atoms with E-state index in [1.54, 1.807) is 37.3 Å². The molecule has 0 spiro atoms. The molecule has 9 heteroatoms. The zero-order chi connectivity index (χ0) is 21.9. The standard InChI is InChI=1S/C21H26N4O4S/c1-14-4-3-5-18(12-14)24-30(28,29)19-13-17(7-6-15(19)2)23-20(26)16-8-10-25(11-9-16)21(22)27/h3-7,12-13,16,24H,8-11H2,1-2H3,(H2,22,27)(H,23,26). The summed E-state index contributed by atoms with van der Waals surface area (Å²) in [6.45, 7) is 4.45. The fraction of sp³-hybridized carbons (Fsp3) is 0.333. The van der Waals surface area contributed by atoms with Crippen LogP contribution in [0.4, 0.5) is 16.2 Å². The molecule has 1 saturated heterocycles. The lowest BCUT2D eigenvalue weighted by molar-refractivity contribution is -0.121. The molecule has 4 N–H and O–H groups in total. The van der Waals surface area contributed by atoms with Gasteiger partial charge in [0.05, 0.1) is 4.90 Å². The number of nitrogens with two attached hydrogens (primary N) is 1.